The first-order chi connectivity index (χ1) is 9.54. The van der Waals surface area contributed by atoms with E-state index in [1.54, 1.807) is 11.3 Å². The SMILES string of the molecule is Cc1ccc(NC(=O)CN(C)Cc2ccsc2)c(Cl)c1. The van der Waals surface area contributed by atoms with Crippen molar-refractivity contribution in [2.24, 2.45) is 0 Å². The summed E-state index contributed by atoms with van der Waals surface area (Å²) < 4.78 is 0. The van der Waals surface area contributed by atoms with Gasteiger partial charge in [0.1, 0.15) is 0 Å². The van der Waals surface area contributed by atoms with Crippen molar-refractivity contribution in [3.8, 4) is 0 Å². The molecule has 0 aliphatic rings. The Morgan fingerprint density at radius 3 is 2.85 bits per heavy atom. The molecule has 3 nitrogen and oxygen atoms in total. The van der Waals surface area contributed by atoms with Gasteiger partial charge in [-0.25, -0.2) is 0 Å². The molecule has 1 aromatic heterocycles. The highest BCUT2D eigenvalue weighted by molar-refractivity contribution is 7.07. The van der Waals surface area contributed by atoms with Crippen molar-refractivity contribution in [2.75, 3.05) is 18.9 Å². The molecule has 0 saturated carbocycles. The molecule has 1 amide bonds. The molecule has 1 heterocycles. The third kappa shape index (κ3) is 4.34. The second-order valence-corrected chi connectivity index (χ2v) is 6.02. The molecular formula is C15H17ClN2OS. The molecule has 106 valence electrons. The van der Waals surface area contributed by atoms with E-state index in [1.807, 2.05) is 42.5 Å². The number of hydrogen-bond acceptors (Lipinski definition) is 3. The first kappa shape index (κ1) is 15.0. The highest BCUT2D eigenvalue weighted by Gasteiger charge is 2.09. The van der Waals surface area contributed by atoms with Crippen molar-refractivity contribution < 1.29 is 4.79 Å². The number of carbonyl (C=O) groups excluding carboxylic acids is 1. The summed E-state index contributed by atoms with van der Waals surface area (Å²) in [6.45, 7) is 3.06. The largest absolute Gasteiger partial charge is 0.324 e. The lowest BCUT2D eigenvalue weighted by Crippen LogP contribution is -2.29. The van der Waals surface area contributed by atoms with Gasteiger partial charge in [0.2, 0.25) is 5.91 Å². The lowest BCUT2D eigenvalue weighted by molar-refractivity contribution is -0.117. The predicted octanol–water partition coefficient (Wildman–Crippen LogP) is 3.78. The Kier molecular flexibility index (Phi) is 5.17. The number of likely N-dealkylation sites (N-methyl/N-ethyl adjacent to an activating group) is 1. The summed E-state index contributed by atoms with van der Waals surface area (Å²) in [5.74, 6) is -0.0616. The molecule has 1 aromatic carbocycles. The lowest BCUT2D eigenvalue weighted by Gasteiger charge is -2.16. The van der Waals surface area contributed by atoms with Crippen LogP contribution in [0.4, 0.5) is 5.69 Å². The van der Waals surface area contributed by atoms with Crippen LogP contribution >= 0.6 is 22.9 Å². The van der Waals surface area contributed by atoms with Crippen molar-refractivity contribution in [3.05, 3.63) is 51.2 Å². The molecule has 0 radical (unpaired) electrons. The van der Waals surface area contributed by atoms with Gasteiger partial charge in [0.05, 0.1) is 17.3 Å². The molecule has 2 aromatic rings. The molecule has 0 spiro atoms. The average molecular weight is 309 g/mol. The van der Waals surface area contributed by atoms with Crippen LogP contribution in [0.3, 0.4) is 0 Å². The second-order valence-electron chi connectivity index (χ2n) is 4.84. The van der Waals surface area contributed by atoms with Crippen LogP contribution in [-0.2, 0) is 11.3 Å². The van der Waals surface area contributed by atoms with Gasteiger partial charge in [-0.15, -0.1) is 0 Å². The van der Waals surface area contributed by atoms with Crippen LogP contribution in [0.15, 0.2) is 35.0 Å². The first-order valence-electron chi connectivity index (χ1n) is 6.30. The normalized spacial score (nSPS) is 10.8. The van der Waals surface area contributed by atoms with Gasteiger partial charge >= 0.3 is 0 Å². The molecule has 0 atom stereocenters. The summed E-state index contributed by atoms with van der Waals surface area (Å²) in [6.07, 6.45) is 0. The topological polar surface area (TPSA) is 32.3 Å². The van der Waals surface area contributed by atoms with Gasteiger partial charge in [0, 0.05) is 6.54 Å². The maximum absolute atomic E-state index is 12.0. The monoisotopic (exact) mass is 308 g/mol. The Balaban J connectivity index is 1.88. The number of nitrogens with zero attached hydrogens (tertiary/aromatic N) is 1. The highest BCUT2D eigenvalue weighted by atomic mass is 35.5. The van der Waals surface area contributed by atoms with Crippen LogP contribution in [0, 0.1) is 6.92 Å². The van der Waals surface area contributed by atoms with Gasteiger partial charge in [-0.3, -0.25) is 9.69 Å². The van der Waals surface area contributed by atoms with E-state index in [4.69, 9.17) is 11.6 Å². The van der Waals surface area contributed by atoms with Gasteiger partial charge in [-0.2, -0.15) is 11.3 Å². The Hall–Kier alpha value is -1.36. The first-order valence-corrected chi connectivity index (χ1v) is 7.62. The van der Waals surface area contributed by atoms with Crippen LogP contribution in [0.5, 0.6) is 0 Å². The van der Waals surface area contributed by atoms with E-state index < -0.39 is 0 Å². The van der Waals surface area contributed by atoms with Crippen molar-refractivity contribution in [2.45, 2.75) is 13.5 Å². The fraction of sp³-hybridized carbons (Fsp3) is 0.267. The quantitative estimate of drug-likeness (QED) is 0.911. The smallest absolute Gasteiger partial charge is 0.238 e. The number of carbonyl (C=O) groups is 1. The fourth-order valence-corrected chi connectivity index (χ4v) is 2.85. The zero-order valence-corrected chi connectivity index (χ0v) is 13.1. The predicted molar refractivity (Wildman–Crippen MR) is 85.5 cm³/mol. The van der Waals surface area contributed by atoms with Crippen LogP contribution < -0.4 is 5.32 Å². The number of thiophene rings is 1. The molecule has 0 bridgehead atoms. The van der Waals surface area contributed by atoms with E-state index in [0.29, 0.717) is 17.3 Å². The molecule has 0 saturated heterocycles. The molecular weight excluding hydrogens is 292 g/mol. The standard InChI is InChI=1S/C15H17ClN2OS/c1-11-3-4-14(13(16)7-11)17-15(19)9-18(2)8-12-5-6-20-10-12/h3-7,10H,8-9H2,1-2H3,(H,17,19). The number of rotatable bonds is 5. The number of anilines is 1. The van der Waals surface area contributed by atoms with Gasteiger partial charge in [-0.05, 0) is 54.1 Å². The molecule has 0 unspecified atom stereocenters. The van der Waals surface area contributed by atoms with E-state index >= 15 is 0 Å². The number of amides is 1. The van der Waals surface area contributed by atoms with Crippen LogP contribution in [-0.4, -0.2) is 24.4 Å². The lowest BCUT2D eigenvalue weighted by atomic mass is 10.2. The summed E-state index contributed by atoms with van der Waals surface area (Å²) in [6, 6.07) is 7.66. The maximum atomic E-state index is 12.0. The molecule has 2 rings (SSSR count). The van der Waals surface area contributed by atoms with Crippen LogP contribution in [0.25, 0.3) is 0 Å². The Labute approximate surface area is 128 Å². The second kappa shape index (κ2) is 6.88. The minimum atomic E-state index is -0.0616. The summed E-state index contributed by atoms with van der Waals surface area (Å²) in [7, 11) is 1.92. The Morgan fingerprint density at radius 1 is 1.40 bits per heavy atom. The van der Waals surface area contributed by atoms with E-state index in [9.17, 15) is 4.79 Å². The van der Waals surface area contributed by atoms with Crippen molar-refractivity contribution in [1.29, 1.82) is 0 Å². The van der Waals surface area contributed by atoms with Crippen LogP contribution in [0.2, 0.25) is 5.02 Å². The van der Waals surface area contributed by atoms with E-state index in [0.717, 1.165) is 12.1 Å². The third-order valence-electron chi connectivity index (χ3n) is 2.84. The van der Waals surface area contributed by atoms with Gasteiger partial charge < -0.3 is 5.32 Å². The van der Waals surface area contributed by atoms with Gasteiger partial charge in [0.15, 0.2) is 0 Å². The summed E-state index contributed by atoms with van der Waals surface area (Å²) in [4.78, 5) is 14.0. The molecule has 0 aliphatic carbocycles. The van der Waals surface area contributed by atoms with Crippen LogP contribution in [0.1, 0.15) is 11.1 Å². The minimum absolute atomic E-state index is 0.0616. The van der Waals surface area contributed by atoms with Crippen molar-refractivity contribution in [3.63, 3.8) is 0 Å². The zero-order valence-electron chi connectivity index (χ0n) is 11.5. The number of halogens is 1. The van der Waals surface area contributed by atoms with Crippen molar-refractivity contribution in [1.82, 2.24) is 4.90 Å². The Bertz CT molecular complexity index is 584. The fourth-order valence-electron chi connectivity index (χ4n) is 1.91. The number of benzene rings is 1. The number of nitrogens with one attached hydrogen (secondary N) is 1. The van der Waals surface area contributed by atoms with Gasteiger partial charge in [0.25, 0.3) is 0 Å². The van der Waals surface area contributed by atoms with Crippen molar-refractivity contribution >= 4 is 34.5 Å². The number of aryl methyl sites for hydroxylation is 1. The highest BCUT2D eigenvalue weighted by Crippen LogP contribution is 2.22. The summed E-state index contributed by atoms with van der Waals surface area (Å²) >= 11 is 7.76. The Morgan fingerprint density at radius 2 is 2.20 bits per heavy atom. The van der Waals surface area contributed by atoms with E-state index in [-0.39, 0.29) is 5.91 Å². The molecule has 1 N–H and O–H groups in total. The zero-order chi connectivity index (χ0) is 14.5. The van der Waals surface area contributed by atoms with E-state index in [2.05, 4.69) is 16.8 Å². The van der Waals surface area contributed by atoms with E-state index in [1.165, 1.54) is 5.56 Å². The molecule has 0 fully saturated rings. The number of hydrogen-bond donors (Lipinski definition) is 1. The summed E-state index contributed by atoms with van der Waals surface area (Å²) in [5, 5.41) is 7.53. The minimum Gasteiger partial charge on any atom is -0.324 e. The average Bonchev–Trinajstić information content (AvgIpc) is 2.85. The molecule has 0 aliphatic heterocycles. The summed E-state index contributed by atoms with van der Waals surface area (Å²) in [5.41, 5.74) is 2.95. The molecule has 20 heavy (non-hydrogen) atoms. The van der Waals surface area contributed by atoms with Gasteiger partial charge in [-0.1, -0.05) is 17.7 Å². The molecule has 5 heteroatoms. The maximum Gasteiger partial charge on any atom is 0.238 e. The third-order valence-corrected chi connectivity index (χ3v) is 3.89.